The lowest BCUT2D eigenvalue weighted by Crippen LogP contribution is -2.28. The van der Waals surface area contributed by atoms with Crippen molar-refractivity contribution in [3.63, 3.8) is 0 Å². The first-order chi connectivity index (χ1) is 8.59. The number of halogens is 3. The van der Waals surface area contributed by atoms with Gasteiger partial charge in [-0.05, 0) is 30.7 Å². The fourth-order valence-electron chi connectivity index (χ4n) is 1.78. The molecule has 1 saturated heterocycles. The van der Waals surface area contributed by atoms with Crippen LogP contribution in [0.25, 0.3) is 0 Å². The number of thioether (sulfide) groups is 1. The van der Waals surface area contributed by atoms with Crippen LogP contribution in [0.2, 0.25) is 0 Å². The van der Waals surface area contributed by atoms with Crippen molar-refractivity contribution in [2.24, 2.45) is 0 Å². The number of carbonyl (C=O) groups is 1. The molecule has 1 N–H and O–H groups in total. The van der Waals surface area contributed by atoms with Crippen molar-refractivity contribution in [3.05, 3.63) is 29.6 Å². The molecular formula is C12H12F3NOS. The third-order valence-corrected chi connectivity index (χ3v) is 4.14. The molecule has 98 valence electrons. The second kappa shape index (κ2) is 5.65. The van der Waals surface area contributed by atoms with Gasteiger partial charge < -0.3 is 5.32 Å². The second-order valence-electron chi connectivity index (χ2n) is 4.07. The monoisotopic (exact) mass is 275 g/mol. The quantitative estimate of drug-likeness (QED) is 0.839. The molecule has 1 aromatic rings. The van der Waals surface area contributed by atoms with Crippen molar-refractivity contribution in [3.8, 4) is 0 Å². The maximum atomic E-state index is 13.4. The van der Waals surface area contributed by atoms with E-state index in [0.717, 1.165) is 37.1 Å². The molecule has 1 aliphatic heterocycles. The average molecular weight is 275 g/mol. The molecule has 18 heavy (non-hydrogen) atoms. The molecule has 2 nitrogen and oxygen atoms in total. The topological polar surface area (TPSA) is 29.1 Å². The maximum Gasteiger partial charge on any atom is 0.237 e. The van der Waals surface area contributed by atoms with Crippen molar-refractivity contribution < 1.29 is 18.0 Å². The summed E-state index contributed by atoms with van der Waals surface area (Å²) in [5, 5.41) is 2.06. The van der Waals surface area contributed by atoms with Crippen molar-refractivity contribution in [1.29, 1.82) is 0 Å². The molecule has 0 aromatic heterocycles. The van der Waals surface area contributed by atoms with Crippen LogP contribution >= 0.6 is 11.8 Å². The van der Waals surface area contributed by atoms with Crippen LogP contribution in [0.3, 0.4) is 0 Å². The lowest BCUT2D eigenvalue weighted by Gasteiger charge is -2.20. The van der Waals surface area contributed by atoms with Gasteiger partial charge in [0.15, 0.2) is 17.5 Å². The van der Waals surface area contributed by atoms with Crippen molar-refractivity contribution in [2.45, 2.75) is 24.5 Å². The molecule has 1 aromatic carbocycles. The van der Waals surface area contributed by atoms with Gasteiger partial charge in [-0.2, -0.15) is 0 Å². The predicted molar refractivity (Wildman–Crippen MR) is 65.0 cm³/mol. The Labute approximate surface area is 107 Å². The van der Waals surface area contributed by atoms with Crippen LogP contribution in [0.15, 0.2) is 12.1 Å². The molecule has 1 aliphatic rings. The average Bonchev–Trinajstić information content (AvgIpc) is 2.40. The van der Waals surface area contributed by atoms with Gasteiger partial charge in [0.25, 0.3) is 0 Å². The summed E-state index contributed by atoms with van der Waals surface area (Å²) in [4.78, 5) is 11.8. The Balaban J connectivity index is 2.09. The van der Waals surface area contributed by atoms with Gasteiger partial charge in [0.2, 0.25) is 5.91 Å². The van der Waals surface area contributed by atoms with E-state index in [1.54, 1.807) is 0 Å². The number of amides is 1. The fraction of sp³-hybridized carbons (Fsp3) is 0.417. The van der Waals surface area contributed by atoms with Crippen LogP contribution in [0.1, 0.15) is 19.3 Å². The zero-order valence-electron chi connectivity index (χ0n) is 9.51. The molecule has 1 amide bonds. The maximum absolute atomic E-state index is 13.4. The molecule has 1 heterocycles. The summed E-state index contributed by atoms with van der Waals surface area (Å²) in [5.74, 6) is -3.66. The molecule has 2 rings (SSSR count). The van der Waals surface area contributed by atoms with Gasteiger partial charge in [0.05, 0.1) is 10.9 Å². The number of hydrogen-bond acceptors (Lipinski definition) is 2. The van der Waals surface area contributed by atoms with Gasteiger partial charge in [-0.3, -0.25) is 4.79 Å². The van der Waals surface area contributed by atoms with Crippen molar-refractivity contribution in [2.75, 3.05) is 11.1 Å². The molecule has 6 heteroatoms. The van der Waals surface area contributed by atoms with Gasteiger partial charge >= 0.3 is 0 Å². The zero-order chi connectivity index (χ0) is 13.1. The van der Waals surface area contributed by atoms with Crippen LogP contribution in [0.4, 0.5) is 18.9 Å². The molecule has 0 spiro atoms. The van der Waals surface area contributed by atoms with Crippen LogP contribution in [0, 0.1) is 17.5 Å². The Kier molecular flexibility index (Phi) is 4.16. The van der Waals surface area contributed by atoms with E-state index in [0.29, 0.717) is 0 Å². The van der Waals surface area contributed by atoms with Crippen LogP contribution < -0.4 is 5.32 Å². The Hall–Kier alpha value is -1.17. The smallest absolute Gasteiger partial charge is 0.237 e. The van der Waals surface area contributed by atoms with Gasteiger partial charge in [-0.25, -0.2) is 13.2 Å². The van der Waals surface area contributed by atoms with E-state index in [2.05, 4.69) is 5.32 Å². The highest BCUT2D eigenvalue weighted by molar-refractivity contribution is 8.00. The van der Waals surface area contributed by atoms with Crippen LogP contribution in [0.5, 0.6) is 0 Å². The molecule has 0 radical (unpaired) electrons. The highest BCUT2D eigenvalue weighted by Crippen LogP contribution is 2.27. The first-order valence-corrected chi connectivity index (χ1v) is 6.70. The van der Waals surface area contributed by atoms with E-state index in [9.17, 15) is 18.0 Å². The largest absolute Gasteiger partial charge is 0.323 e. The zero-order valence-corrected chi connectivity index (χ0v) is 10.3. The molecule has 1 unspecified atom stereocenters. The lowest BCUT2D eigenvalue weighted by atomic mass is 10.1. The first kappa shape index (κ1) is 13.3. The Bertz CT molecular complexity index is 461. The highest BCUT2D eigenvalue weighted by atomic mass is 32.2. The summed E-state index contributed by atoms with van der Waals surface area (Å²) in [6.45, 7) is 0. The third-order valence-electron chi connectivity index (χ3n) is 2.77. The molecule has 0 bridgehead atoms. The molecule has 1 atom stereocenters. The third kappa shape index (κ3) is 2.80. The van der Waals surface area contributed by atoms with Gasteiger partial charge in [-0.15, -0.1) is 11.8 Å². The first-order valence-electron chi connectivity index (χ1n) is 5.65. The molecular weight excluding hydrogens is 263 g/mol. The Morgan fingerprint density at radius 2 is 2.00 bits per heavy atom. The van der Waals surface area contributed by atoms with Gasteiger partial charge in [-0.1, -0.05) is 6.42 Å². The minimum absolute atomic E-state index is 0.244. The van der Waals surface area contributed by atoms with Gasteiger partial charge in [0.1, 0.15) is 0 Å². The van der Waals surface area contributed by atoms with Crippen molar-refractivity contribution in [1.82, 2.24) is 0 Å². The Morgan fingerprint density at radius 3 is 2.67 bits per heavy atom. The fourth-order valence-corrected chi connectivity index (χ4v) is 2.98. The lowest BCUT2D eigenvalue weighted by molar-refractivity contribution is -0.115. The normalized spacial score (nSPS) is 19.6. The minimum Gasteiger partial charge on any atom is -0.323 e. The molecule has 0 aliphatic carbocycles. The molecule has 1 fully saturated rings. The number of nitrogens with one attached hydrogen (secondary N) is 1. The SMILES string of the molecule is O=C(Nc1ccc(F)c(F)c1F)C1CCCCS1. The Morgan fingerprint density at radius 1 is 1.22 bits per heavy atom. The van der Waals surface area contributed by atoms with Crippen LogP contribution in [-0.2, 0) is 4.79 Å². The molecule has 0 saturated carbocycles. The summed E-state index contributed by atoms with van der Waals surface area (Å²) >= 11 is 1.50. The number of carbonyl (C=O) groups excluding carboxylic acids is 1. The summed E-state index contributed by atoms with van der Waals surface area (Å²) in [7, 11) is 0. The summed E-state index contributed by atoms with van der Waals surface area (Å²) in [6, 6.07) is 1.82. The van der Waals surface area contributed by atoms with E-state index in [-0.39, 0.29) is 16.8 Å². The van der Waals surface area contributed by atoms with Crippen molar-refractivity contribution >= 4 is 23.4 Å². The van der Waals surface area contributed by atoms with Gasteiger partial charge in [0, 0.05) is 0 Å². The second-order valence-corrected chi connectivity index (χ2v) is 5.38. The van der Waals surface area contributed by atoms with E-state index in [4.69, 9.17) is 0 Å². The van der Waals surface area contributed by atoms with E-state index >= 15 is 0 Å². The standard InChI is InChI=1S/C12H12F3NOS/c13-7-4-5-8(11(15)10(7)14)16-12(17)9-3-1-2-6-18-9/h4-5,9H,1-3,6H2,(H,16,17). The summed E-state index contributed by atoms with van der Waals surface area (Å²) in [6.07, 6.45) is 2.74. The van der Waals surface area contributed by atoms with Crippen LogP contribution in [-0.4, -0.2) is 16.9 Å². The number of rotatable bonds is 2. The summed E-state index contributed by atoms with van der Waals surface area (Å²) < 4.78 is 39.1. The minimum atomic E-state index is -1.57. The van der Waals surface area contributed by atoms with E-state index in [1.165, 1.54) is 11.8 Å². The predicted octanol–water partition coefficient (Wildman–Crippen LogP) is 3.33. The summed E-state index contributed by atoms with van der Waals surface area (Å²) in [5.41, 5.74) is -0.315. The number of anilines is 1. The van der Waals surface area contributed by atoms with E-state index < -0.39 is 17.5 Å². The highest BCUT2D eigenvalue weighted by Gasteiger charge is 2.23. The number of benzene rings is 1. The number of hydrogen-bond donors (Lipinski definition) is 1. The van der Waals surface area contributed by atoms with E-state index in [1.807, 2.05) is 0 Å².